The Labute approximate surface area is 121 Å². The van der Waals surface area contributed by atoms with Gasteiger partial charge in [0.2, 0.25) is 0 Å². The van der Waals surface area contributed by atoms with Crippen LogP contribution < -0.4 is 5.32 Å². The minimum Gasteiger partial charge on any atom is -0.394 e. The predicted octanol–water partition coefficient (Wildman–Crippen LogP) is 2.94. The molecule has 0 aliphatic rings. The van der Waals surface area contributed by atoms with E-state index in [-0.39, 0.29) is 17.2 Å². The summed E-state index contributed by atoms with van der Waals surface area (Å²) in [6.07, 6.45) is 0. The number of amides is 1. The molecule has 0 unspecified atom stereocenters. The van der Waals surface area contributed by atoms with Crippen molar-refractivity contribution in [1.29, 1.82) is 0 Å². The summed E-state index contributed by atoms with van der Waals surface area (Å²) in [6, 6.07) is 12.1. The van der Waals surface area contributed by atoms with E-state index in [2.05, 4.69) is 5.32 Å². The normalized spacial score (nSPS) is 11.9. The molecule has 0 saturated carbocycles. The van der Waals surface area contributed by atoms with E-state index in [0.29, 0.717) is 0 Å². The maximum atomic E-state index is 13.6. The second-order valence-corrected chi connectivity index (χ2v) is 4.68. The lowest BCUT2D eigenvalue weighted by Crippen LogP contribution is -2.31. The van der Waals surface area contributed by atoms with Crippen molar-refractivity contribution < 1.29 is 14.3 Å². The van der Waals surface area contributed by atoms with Crippen molar-refractivity contribution in [3.05, 3.63) is 70.5 Å². The molecule has 0 heterocycles. The fourth-order valence-electron chi connectivity index (χ4n) is 1.83. The molecule has 0 saturated heterocycles. The van der Waals surface area contributed by atoms with E-state index in [1.165, 1.54) is 12.1 Å². The third-order valence-corrected chi connectivity index (χ3v) is 3.10. The van der Waals surface area contributed by atoms with E-state index >= 15 is 0 Å². The highest BCUT2D eigenvalue weighted by Gasteiger charge is 2.17. The van der Waals surface area contributed by atoms with Crippen molar-refractivity contribution in [2.75, 3.05) is 6.61 Å². The summed E-state index contributed by atoms with van der Waals surface area (Å²) in [5, 5.41) is 12.2. The number of halogens is 2. The molecule has 2 N–H and O–H groups in total. The number of aliphatic hydroxyl groups excluding tert-OH is 1. The summed E-state index contributed by atoms with van der Waals surface area (Å²) < 4.78 is 13.6. The monoisotopic (exact) mass is 293 g/mol. The van der Waals surface area contributed by atoms with Gasteiger partial charge in [-0.2, -0.15) is 0 Å². The van der Waals surface area contributed by atoms with Crippen LogP contribution in [-0.4, -0.2) is 17.6 Å². The smallest absolute Gasteiger partial charge is 0.254 e. The Hall–Kier alpha value is -1.91. The molecule has 0 fully saturated rings. The van der Waals surface area contributed by atoms with Crippen LogP contribution in [0.1, 0.15) is 22.0 Å². The van der Waals surface area contributed by atoms with Crippen LogP contribution in [0.4, 0.5) is 4.39 Å². The van der Waals surface area contributed by atoms with E-state index in [0.717, 1.165) is 11.6 Å². The summed E-state index contributed by atoms with van der Waals surface area (Å²) in [5.41, 5.74) is 0.595. The van der Waals surface area contributed by atoms with Crippen molar-refractivity contribution in [3.63, 3.8) is 0 Å². The van der Waals surface area contributed by atoms with Gasteiger partial charge in [-0.15, -0.1) is 0 Å². The molecule has 5 heteroatoms. The molecule has 2 rings (SSSR count). The number of rotatable bonds is 4. The lowest BCUT2D eigenvalue weighted by atomic mass is 10.1. The summed E-state index contributed by atoms with van der Waals surface area (Å²) in [4.78, 5) is 12.0. The average Bonchev–Trinajstić information content (AvgIpc) is 2.48. The lowest BCUT2D eigenvalue weighted by molar-refractivity contribution is 0.0912. The lowest BCUT2D eigenvalue weighted by Gasteiger charge is -2.17. The molecule has 0 bridgehead atoms. The van der Waals surface area contributed by atoms with Crippen molar-refractivity contribution >= 4 is 17.5 Å². The Morgan fingerprint density at radius 1 is 1.25 bits per heavy atom. The molecule has 2 aromatic rings. The first kappa shape index (κ1) is 14.5. The number of hydrogen-bond acceptors (Lipinski definition) is 2. The van der Waals surface area contributed by atoms with Gasteiger partial charge < -0.3 is 10.4 Å². The van der Waals surface area contributed by atoms with Crippen LogP contribution in [0.3, 0.4) is 0 Å². The topological polar surface area (TPSA) is 49.3 Å². The first-order chi connectivity index (χ1) is 9.61. The standard InChI is InChI=1S/C15H13ClFNO2/c16-11-6-7-13(17)12(8-11)15(20)18-14(9-19)10-4-2-1-3-5-10/h1-8,14,19H,9H2,(H,18,20)/t14-/m1/s1. The van der Waals surface area contributed by atoms with Crippen LogP contribution in [0.2, 0.25) is 5.02 Å². The van der Waals surface area contributed by atoms with Gasteiger partial charge in [0.1, 0.15) is 5.82 Å². The van der Waals surface area contributed by atoms with Crippen molar-refractivity contribution in [1.82, 2.24) is 5.32 Å². The second-order valence-electron chi connectivity index (χ2n) is 4.24. The maximum absolute atomic E-state index is 13.6. The minimum atomic E-state index is -0.656. The zero-order valence-electron chi connectivity index (χ0n) is 10.5. The van der Waals surface area contributed by atoms with Gasteiger partial charge >= 0.3 is 0 Å². The van der Waals surface area contributed by atoms with Gasteiger partial charge in [-0.25, -0.2) is 4.39 Å². The van der Waals surface area contributed by atoms with E-state index in [1.807, 2.05) is 6.07 Å². The van der Waals surface area contributed by atoms with Gasteiger partial charge in [0.05, 0.1) is 18.2 Å². The molecule has 20 heavy (non-hydrogen) atoms. The molecule has 0 spiro atoms. The van der Waals surface area contributed by atoms with Crippen LogP contribution in [0.25, 0.3) is 0 Å². The zero-order valence-corrected chi connectivity index (χ0v) is 11.3. The van der Waals surface area contributed by atoms with Crippen LogP contribution >= 0.6 is 11.6 Å². The van der Waals surface area contributed by atoms with Gasteiger partial charge in [0.25, 0.3) is 5.91 Å². The second kappa shape index (κ2) is 6.50. The highest BCUT2D eigenvalue weighted by molar-refractivity contribution is 6.31. The molecule has 0 radical (unpaired) electrons. The van der Waals surface area contributed by atoms with Crippen LogP contribution in [0.15, 0.2) is 48.5 Å². The summed E-state index contributed by atoms with van der Waals surface area (Å²) >= 11 is 5.75. The quantitative estimate of drug-likeness (QED) is 0.910. The van der Waals surface area contributed by atoms with E-state index in [4.69, 9.17) is 11.6 Å². The van der Waals surface area contributed by atoms with E-state index in [1.54, 1.807) is 24.3 Å². The third-order valence-electron chi connectivity index (χ3n) is 2.86. The van der Waals surface area contributed by atoms with Gasteiger partial charge in [-0.3, -0.25) is 4.79 Å². The number of hydrogen-bond donors (Lipinski definition) is 2. The fourth-order valence-corrected chi connectivity index (χ4v) is 2.00. The maximum Gasteiger partial charge on any atom is 0.254 e. The zero-order chi connectivity index (χ0) is 14.5. The Balaban J connectivity index is 2.20. The number of benzene rings is 2. The highest BCUT2D eigenvalue weighted by atomic mass is 35.5. The van der Waals surface area contributed by atoms with E-state index in [9.17, 15) is 14.3 Å². The molecule has 104 valence electrons. The SMILES string of the molecule is O=C(N[C@H](CO)c1ccccc1)c1cc(Cl)ccc1F. The number of aliphatic hydroxyl groups is 1. The number of carbonyl (C=O) groups is 1. The summed E-state index contributed by atoms with van der Waals surface area (Å²) in [6.45, 7) is -0.280. The van der Waals surface area contributed by atoms with Crippen LogP contribution in [-0.2, 0) is 0 Å². The minimum absolute atomic E-state index is 0.146. The van der Waals surface area contributed by atoms with Gasteiger partial charge in [-0.1, -0.05) is 41.9 Å². The molecule has 2 aromatic carbocycles. The molecule has 0 aromatic heterocycles. The number of nitrogens with one attached hydrogen (secondary N) is 1. The van der Waals surface area contributed by atoms with Crippen LogP contribution in [0, 0.1) is 5.82 Å². The molecular weight excluding hydrogens is 281 g/mol. The van der Waals surface area contributed by atoms with Gasteiger partial charge in [0.15, 0.2) is 0 Å². The van der Waals surface area contributed by atoms with Crippen LogP contribution in [0.5, 0.6) is 0 Å². The molecule has 1 atom stereocenters. The fraction of sp³-hybridized carbons (Fsp3) is 0.133. The average molecular weight is 294 g/mol. The molecule has 1 amide bonds. The predicted molar refractivity (Wildman–Crippen MR) is 75.1 cm³/mol. The number of carbonyl (C=O) groups excluding carboxylic acids is 1. The van der Waals surface area contributed by atoms with Gasteiger partial charge in [0, 0.05) is 5.02 Å². The largest absolute Gasteiger partial charge is 0.394 e. The Morgan fingerprint density at radius 2 is 1.95 bits per heavy atom. The third kappa shape index (κ3) is 3.35. The molecular formula is C15H13ClFNO2. The Kier molecular flexibility index (Phi) is 4.71. The van der Waals surface area contributed by atoms with Gasteiger partial charge in [-0.05, 0) is 23.8 Å². The van der Waals surface area contributed by atoms with Crippen molar-refractivity contribution in [3.8, 4) is 0 Å². The van der Waals surface area contributed by atoms with Crippen molar-refractivity contribution in [2.45, 2.75) is 6.04 Å². The van der Waals surface area contributed by atoms with Crippen molar-refractivity contribution in [2.24, 2.45) is 0 Å². The molecule has 0 aliphatic carbocycles. The first-order valence-electron chi connectivity index (χ1n) is 6.03. The molecule has 3 nitrogen and oxygen atoms in total. The highest BCUT2D eigenvalue weighted by Crippen LogP contribution is 2.17. The molecule has 0 aliphatic heterocycles. The Bertz CT molecular complexity index is 604. The summed E-state index contributed by atoms with van der Waals surface area (Å²) in [7, 11) is 0. The summed E-state index contributed by atoms with van der Waals surface area (Å²) in [5.74, 6) is -1.27. The Morgan fingerprint density at radius 3 is 2.60 bits per heavy atom. The first-order valence-corrected chi connectivity index (χ1v) is 6.41. The van der Waals surface area contributed by atoms with E-state index < -0.39 is 17.8 Å².